The number of likely N-dealkylation sites (tertiary alicyclic amines) is 1. The Hall–Kier alpha value is -2.60. The second kappa shape index (κ2) is 7.09. The molecule has 4 rings (SSSR count). The van der Waals surface area contributed by atoms with Crippen molar-refractivity contribution in [1.82, 2.24) is 9.88 Å². The predicted octanol–water partition coefficient (Wildman–Crippen LogP) is 3.90. The van der Waals surface area contributed by atoms with Gasteiger partial charge in [0.1, 0.15) is 0 Å². The summed E-state index contributed by atoms with van der Waals surface area (Å²) in [5, 5.41) is 1.25. The van der Waals surface area contributed by atoms with Crippen molar-refractivity contribution in [2.24, 2.45) is 0 Å². The number of H-pyrrole nitrogens is 1. The van der Waals surface area contributed by atoms with E-state index in [1.807, 2.05) is 17.9 Å². The number of hydrogen-bond donors (Lipinski definition) is 1. The summed E-state index contributed by atoms with van der Waals surface area (Å²) in [6.45, 7) is 3.19. The van der Waals surface area contributed by atoms with Crippen LogP contribution in [0.1, 0.15) is 40.2 Å². The number of amides is 1. The number of aryl methyl sites for hydroxylation is 1. The Kier molecular flexibility index (Phi) is 4.75. The minimum atomic E-state index is -3.34. The monoisotopic (exact) mass is 396 g/mol. The van der Waals surface area contributed by atoms with Gasteiger partial charge in [0.15, 0.2) is 9.84 Å². The first-order valence-electron chi connectivity index (χ1n) is 9.50. The first-order chi connectivity index (χ1) is 13.3. The summed E-state index contributed by atoms with van der Waals surface area (Å²) >= 11 is 0. The van der Waals surface area contributed by atoms with Gasteiger partial charge < -0.3 is 9.88 Å². The van der Waals surface area contributed by atoms with Crippen LogP contribution in [-0.4, -0.2) is 43.6 Å². The van der Waals surface area contributed by atoms with Crippen LogP contribution in [0, 0.1) is 6.92 Å². The second-order valence-electron chi connectivity index (χ2n) is 7.60. The highest BCUT2D eigenvalue weighted by atomic mass is 32.2. The molecule has 1 fully saturated rings. The van der Waals surface area contributed by atoms with Gasteiger partial charge in [-0.3, -0.25) is 4.79 Å². The molecular weight excluding hydrogens is 372 g/mol. The van der Waals surface area contributed by atoms with Gasteiger partial charge >= 0.3 is 0 Å². The lowest BCUT2D eigenvalue weighted by Gasteiger charge is -2.32. The summed E-state index contributed by atoms with van der Waals surface area (Å²) in [5.74, 6) is 0.337. The molecule has 2 aromatic carbocycles. The summed E-state index contributed by atoms with van der Waals surface area (Å²) in [5.41, 5.74) is 3.74. The number of nitrogens with zero attached hydrogens (tertiary/aromatic N) is 1. The lowest BCUT2D eigenvalue weighted by molar-refractivity contribution is 0.0712. The summed E-state index contributed by atoms with van der Waals surface area (Å²) in [6.07, 6.45) is 5.06. The molecule has 0 unspecified atom stereocenters. The molecule has 1 N–H and O–H groups in total. The normalized spacial score (nSPS) is 15.9. The van der Waals surface area contributed by atoms with Crippen LogP contribution < -0.4 is 0 Å². The van der Waals surface area contributed by atoms with E-state index in [0.717, 1.165) is 23.9 Å². The molecular formula is C22H24N2O3S. The third-order valence-electron chi connectivity index (χ3n) is 5.71. The lowest BCUT2D eigenvalue weighted by Crippen LogP contribution is -2.38. The van der Waals surface area contributed by atoms with Gasteiger partial charge in [-0.05, 0) is 55.0 Å². The van der Waals surface area contributed by atoms with E-state index < -0.39 is 9.84 Å². The van der Waals surface area contributed by atoms with E-state index >= 15 is 0 Å². The maximum absolute atomic E-state index is 13.0. The molecule has 146 valence electrons. The standard InChI is InChI=1S/C22H24N2O3S/c1-15-7-8-17(28(2,26)27)13-19(15)22(25)24-11-9-16(10-12-24)20-14-23-21-6-4-3-5-18(20)21/h3-8,13-14,16,23H,9-12H2,1-2H3. The minimum Gasteiger partial charge on any atom is -0.361 e. The number of piperidine rings is 1. The summed E-state index contributed by atoms with van der Waals surface area (Å²) in [4.78, 5) is 18.4. The van der Waals surface area contributed by atoms with E-state index in [9.17, 15) is 13.2 Å². The van der Waals surface area contributed by atoms with Crippen molar-refractivity contribution in [3.63, 3.8) is 0 Å². The van der Waals surface area contributed by atoms with Crippen molar-refractivity contribution < 1.29 is 13.2 Å². The van der Waals surface area contributed by atoms with Gasteiger partial charge in [0.05, 0.1) is 4.90 Å². The first-order valence-corrected chi connectivity index (χ1v) is 11.4. The fourth-order valence-electron chi connectivity index (χ4n) is 4.06. The topological polar surface area (TPSA) is 70.2 Å². The molecule has 1 aliphatic rings. The van der Waals surface area contributed by atoms with Crippen LogP contribution in [0.15, 0.2) is 53.6 Å². The first kappa shape index (κ1) is 18.7. The van der Waals surface area contributed by atoms with Crippen LogP contribution in [0.5, 0.6) is 0 Å². The zero-order chi connectivity index (χ0) is 19.9. The number of sulfone groups is 1. The number of nitrogens with one attached hydrogen (secondary N) is 1. The van der Waals surface area contributed by atoms with Crippen molar-refractivity contribution in [1.29, 1.82) is 0 Å². The van der Waals surface area contributed by atoms with Crippen molar-refractivity contribution in [2.45, 2.75) is 30.6 Å². The van der Waals surface area contributed by atoms with Crippen molar-refractivity contribution in [3.8, 4) is 0 Å². The molecule has 0 radical (unpaired) electrons. The quantitative estimate of drug-likeness (QED) is 0.730. The Bertz CT molecular complexity index is 1140. The average Bonchev–Trinajstić information content (AvgIpc) is 3.11. The number of benzene rings is 2. The Balaban J connectivity index is 1.52. The zero-order valence-electron chi connectivity index (χ0n) is 16.1. The molecule has 0 spiro atoms. The molecule has 0 aliphatic carbocycles. The molecule has 1 amide bonds. The SMILES string of the molecule is Cc1ccc(S(C)(=O)=O)cc1C(=O)N1CCC(c2c[nH]c3ccccc23)CC1. The minimum absolute atomic E-state index is 0.0830. The highest BCUT2D eigenvalue weighted by molar-refractivity contribution is 7.90. The Morgan fingerprint density at radius 1 is 1.11 bits per heavy atom. The summed E-state index contributed by atoms with van der Waals surface area (Å²) < 4.78 is 23.7. The van der Waals surface area contributed by atoms with Crippen LogP contribution in [0.25, 0.3) is 10.9 Å². The number of fused-ring (bicyclic) bond motifs is 1. The third kappa shape index (κ3) is 3.44. The molecule has 28 heavy (non-hydrogen) atoms. The molecule has 3 aromatic rings. The molecule has 1 aliphatic heterocycles. The number of hydrogen-bond acceptors (Lipinski definition) is 3. The molecule has 0 atom stereocenters. The molecule has 0 saturated carbocycles. The predicted molar refractivity (Wildman–Crippen MR) is 110 cm³/mol. The lowest BCUT2D eigenvalue weighted by atomic mass is 9.89. The van der Waals surface area contributed by atoms with Gasteiger partial charge in [-0.2, -0.15) is 0 Å². The molecule has 5 nitrogen and oxygen atoms in total. The Labute approximate surface area is 165 Å². The third-order valence-corrected chi connectivity index (χ3v) is 6.82. The van der Waals surface area contributed by atoms with E-state index in [4.69, 9.17) is 0 Å². The molecule has 2 heterocycles. The highest BCUT2D eigenvalue weighted by Gasteiger charge is 2.27. The van der Waals surface area contributed by atoms with Crippen molar-refractivity contribution in [3.05, 3.63) is 65.4 Å². The van der Waals surface area contributed by atoms with Gasteiger partial charge in [-0.1, -0.05) is 24.3 Å². The van der Waals surface area contributed by atoms with E-state index in [0.29, 0.717) is 24.6 Å². The van der Waals surface area contributed by atoms with Crippen molar-refractivity contribution >= 4 is 26.6 Å². The molecule has 1 saturated heterocycles. The number of rotatable bonds is 3. The molecule has 6 heteroatoms. The van der Waals surface area contributed by atoms with Gasteiger partial charge in [-0.15, -0.1) is 0 Å². The number of aromatic nitrogens is 1. The second-order valence-corrected chi connectivity index (χ2v) is 9.62. The largest absolute Gasteiger partial charge is 0.361 e. The number of para-hydroxylation sites is 1. The highest BCUT2D eigenvalue weighted by Crippen LogP contribution is 2.33. The smallest absolute Gasteiger partial charge is 0.254 e. The van der Waals surface area contributed by atoms with Gasteiger partial charge in [-0.25, -0.2) is 8.42 Å². The van der Waals surface area contributed by atoms with Crippen LogP contribution in [0.4, 0.5) is 0 Å². The van der Waals surface area contributed by atoms with Crippen LogP contribution in [0.2, 0.25) is 0 Å². The fourth-order valence-corrected chi connectivity index (χ4v) is 4.70. The summed E-state index contributed by atoms with van der Waals surface area (Å²) in [6, 6.07) is 13.1. The maximum atomic E-state index is 13.0. The van der Waals surface area contributed by atoms with Gasteiger partial charge in [0, 0.05) is 42.0 Å². The van der Waals surface area contributed by atoms with Gasteiger partial charge in [0.25, 0.3) is 5.91 Å². The van der Waals surface area contributed by atoms with Gasteiger partial charge in [0.2, 0.25) is 0 Å². The number of aromatic amines is 1. The Morgan fingerprint density at radius 2 is 1.82 bits per heavy atom. The number of carbonyl (C=O) groups excluding carboxylic acids is 1. The van der Waals surface area contributed by atoms with Crippen molar-refractivity contribution in [2.75, 3.05) is 19.3 Å². The Morgan fingerprint density at radius 3 is 2.54 bits per heavy atom. The van der Waals surface area contributed by atoms with E-state index in [1.165, 1.54) is 23.3 Å². The summed E-state index contributed by atoms with van der Waals surface area (Å²) in [7, 11) is -3.34. The fraction of sp³-hybridized carbons (Fsp3) is 0.318. The molecule has 0 bridgehead atoms. The van der Waals surface area contributed by atoms with Crippen LogP contribution in [0.3, 0.4) is 0 Å². The number of carbonyl (C=O) groups is 1. The average molecular weight is 397 g/mol. The zero-order valence-corrected chi connectivity index (χ0v) is 16.9. The van der Waals surface area contributed by atoms with E-state index in [1.54, 1.807) is 12.1 Å². The van der Waals surface area contributed by atoms with Crippen LogP contribution in [-0.2, 0) is 9.84 Å². The van der Waals surface area contributed by atoms with Crippen LogP contribution >= 0.6 is 0 Å². The molecule has 1 aromatic heterocycles. The van der Waals surface area contributed by atoms with E-state index in [-0.39, 0.29) is 10.8 Å². The maximum Gasteiger partial charge on any atom is 0.254 e. The van der Waals surface area contributed by atoms with E-state index in [2.05, 4.69) is 29.4 Å².